The second-order valence-corrected chi connectivity index (χ2v) is 4.38. The Balaban J connectivity index is 2.30. The van der Waals surface area contributed by atoms with Crippen LogP contribution in [0.1, 0.15) is 17.1 Å². The van der Waals surface area contributed by atoms with Crippen molar-refractivity contribution in [1.29, 1.82) is 0 Å². The quantitative estimate of drug-likeness (QED) is 0.766. The normalized spacial score (nSPS) is 11.4. The van der Waals surface area contributed by atoms with Crippen LogP contribution in [0.5, 0.6) is 0 Å². The van der Waals surface area contributed by atoms with Crippen molar-refractivity contribution in [3.63, 3.8) is 0 Å². The number of aliphatic hydroxyl groups is 1. The summed E-state index contributed by atoms with van der Waals surface area (Å²) in [6.07, 6.45) is 0. The zero-order valence-electron chi connectivity index (χ0n) is 8.95. The maximum atomic E-state index is 8.71. The van der Waals surface area contributed by atoms with Crippen LogP contribution in [0, 0.1) is 13.8 Å². The lowest BCUT2D eigenvalue weighted by atomic mass is 10.3. The van der Waals surface area contributed by atoms with Crippen molar-refractivity contribution in [2.24, 2.45) is 0 Å². The fraction of sp³-hybridized carbons (Fsp3) is 0.500. The van der Waals surface area contributed by atoms with Gasteiger partial charge in [-0.1, -0.05) is 0 Å². The molecule has 0 aliphatic rings. The van der Waals surface area contributed by atoms with Crippen LogP contribution in [-0.2, 0) is 6.54 Å². The van der Waals surface area contributed by atoms with Crippen LogP contribution in [0.25, 0.3) is 4.96 Å². The van der Waals surface area contributed by atoms with E-state index in [1.165, 1.54) is 11.4 Å². The molecule has 0 aliphatic carbocycles. The minimum absolute atomic E-state index is 0.170. The molecule has 0 amide bonds. The first-order chi connectivity index (χ1) is 7.24. The number of hydrogen-bond acceptors (Lipinski definition) is 4. The van der Waals surface area contributed by atoms with Crippen molar-refractivity contribution in [2.45, 2.75) is 20.4 Å². The summed E-state index contributed by atoms with van der Waals surface area (Å²) in [5.74, 6) is 0. The van der Waals surface area contributed by atoms with E-state index in [0.717, 1.165) is 17.2 Å². The van der Waals surface area contributed by atoms with Gasteiger partial charge in [0.2, 0.25) is 0 Å². The zero-order chi connectivity index (χ0) is 10.8. The van der Waals surface area contributed by atoms with E-state index >= 15 is 0 Å². The third-order valence-corrected chi connectivity index (χ3v) is 3.35. The van der Waals surface area contributed by atoms with Gasteiger partial charge in [0.15, 0.2) is 4.96 Å². The van der Waals surface area contributed by atoms with Crippen LogP contribution in [0.3, 0.4) is 0 Å². The van der Waals surface area contributed by atoms with E-state index in [-0.39, 0.29) is 6.61 Å². The molecule has 2 rings (SSSR count). The molecular formula is C10H15N3OS. The number of thiazole rings is 1. The summed E-state index contributed by atoms with van der Waals surface area (Å²) in [7, 11) is 0. The van der Waals surface area contributed by atoms with Crippen LogP contribution in [0.2, 0.25) is 0 Å². The zero-order valence-corrected chi connectivity index (χ0v) is 9.77. The first kappa shape index (κ1) is 10.6. The largest absolute Gasteiger partial charge is 0.395 e. The van der Waals surface area contributed by atoms with Crippen LogP contribution in [0.4, 0.5) is 0 Å². The number of hydrogen-bond donors (Lipinski definition) is 2. The topological polar surface area (TPSA) is 49.6 Å². The Kier molecular flexibility index (Phi) is 3.04. The van der Waals surface area contributed by atoms with Crippen LogP contribution < -0.4 is 5.32 Å². The van der Waals surface area contributed by atoms with Crippen LogP contribution in [-0.4, -0.2) is 27.6 Å². The number of aliphatic hydroxyl groups excluding tert-OH is 1. The van der Waals surface area contributed by atoms with Crippen molar-refractivity contribution in [3.05, 3.63) is 22.5 Å². The molecule has 82 valence electrons. The Morgan fingerprint density at radius 2 is 2.33 bits per heavy atom. The van der Waals surface area contributed by atoms with E-state index in [9.17, 15) is 0 Å². The van der Waals surface area contributed by atoms with Gasteiger partial charge in [-0.25, -0.2) is 4.98 Å². The number of nitrogens with one attached hydrogen (secondary N) is 1. The molecule has 4 nitrogen and oxygen atoms in total. The Morgan fingerprint density at radius 3 is 3.07 bits per heavy atom. The van der Waals surface area contributed by atoms with E-state index in [0.29, 0.717) is 6.54 Å². The summed E-state index contributed by atoms with van der Waals surface area (Å²) < 4.78 is 2.17. The van der Waals surface area contributed by atoms with Gasteiger partial charge in [0.05, 0.1) is 18.0 Å². The van der Waals surface area contributed by atoms with Gasteiger partial charge in [-0.3, -0.25) is 4.40 Å². The molecule has 0 saturated carbocycles. The molecule has 0 bridgehead atoms. The molecule has 0 atom stereocenters. The highest BCUT2D eigenvalue weighted by Gasteiger charge is 2.10. The van der Waals surface area contributed by atoms with Gasteiger partial charge in [-0.15, -0.1) is 11.3 Å². The molecule has 5 heteroatoms. The third kappa shape index (κ3) is 1.90. The fourth-order valence-corrected chi connectivity index (χ4v) is 2.59. The highest BCUT2D eigenvalue weighted by atomic mass is 32.1. The molecule has 0 radical (unpaired) electrons. The van der Waals surface area contributed by atoms with E-state index in [1.54, 1.807) is 11.3 Å². The number of rotatable bonds is 4. The van der Waals surface area contributed by atoms with Crippen molar-refractivity contribution >= 4 is 16.3 Å². The van der Waals surface area contributed by atoms with E-state index < -0.39 is 0 Å². The van der Waals surface area contributed by atoms with E-state index in [1.807, 2.05) is 6.92 Å². The first-order valence-electron chi connectivity index (χ1n) is 4.97. The second-order valence-electron chi connectivity index (χ2n) is 3.54. The van der Waals surface area contributed by atoms with Crippen molar-refractivity contribution in [2.75, 3.05) is 13.2 Å². The number of aryl methyl sites for hydroxylation is 2. The van der Waals surface area contributed by atoms with Gasteiger partial charge in [0, 0.05) is 24.2 Å². The predicted molar refractivity (Wildman–Crippen MR) is 61.3 cm³/mol. The minimum atomic E-state index is 0.170. The second kappa shape index (κ2) is 4.30. The van der Waals surface area contributed by atoms with Gasteiger partial charge < -0.3 is 10.4 Å². The molecule has 0 fully saturated rings. The van der Waals surface area contributed by atoms with E-state index in [2.05, 4.69) is 27.0 Å². The molecule has 0 unspecified atom stereocenters. The lowest BCUT2D eigenvalue weighted by molar-refractivity contribution is 0.291. The summed E-state index contributed by atoms with van der Waals surface area (Å²) >= 11 is 1.66. The summed E-state index contributed by atoms with van der Waals surface area (Å²) in [5.41, 5.74) is 3.48. The lowest BCUT2D eigenvalue weighted by Crippen LogP contribution is -2.19. The highest BCUT2D eigenvalue weighted by molar-refractivity contribution is 7.15. The van der Waals surface area contributed by atoms with Crippen molar-refractivity contribution < 1.29 is 5.11 Å². The number of imidazole rings is 1. The molecule has 0 spiro atoms. The maximum Gasteiger partial charge on any atom is 0.194 e. The van der Waals surface area contributed by atoms with Gasteiger partial charge in [-0.2, -0.15) is 0 Å². The maximum absolute atomic E-state index is 8.71. The van der Waals surface area contributed by atoms with Gasteiger partial charge in [-0.05, 0) is 13.8 Å². The standard InChI is InChI=1S/C10H15N3OS/c1-7-6-15-10-12-8(2)9(13(7)10)5-11-3-4-14/h6,11,14H,3-5H2,1-2H3. The first-order valence-corrected chi connectivity index (χ1v) is 5.85. The Hall–Kier alpha value is -0.910. The molecule has 0 aromatic carbocycles. The Bertz CT molecular complexity index is 460. The molecule has 2 N–H and O–H groups in total. The minimum Gasteiger partial charge on any atom is -0.395 e. The number of nitrogens with zero attached hydrogens (tertiary/aromatic N) is 2. The molecular weight excluding hydrogens is 210 g/mol. The monoisotopic (exact) mass is 225 g/mol. The Labute approximate surface area is 92.6 Å². The molecule has 15 heavy (non-hydrogen) atoms. The summed E-state index contributed by atoms with van der Waals surface area (Å²) in [4.78, 5) is 5.54. The van der Waals surface area contributed by atoms with Crippen molar-refractivity contribution in [3.8, 4) is 0 Å². The summed E-state index contributed by atoms with van der Waals surface area (Å²) in [6, 6.07) is 0. The van der Waals surface area contributed by atoms with Gasteiger partial charge >= 0.3 is 0 Å². The van der Waals surface area contributed by atoms with Crippen molar-refractivity contribution in [1.82, 2.24) is 14.7 Å². The number of fused-ring (bicyclic) bond motifs is 1. The van der Waals surface area contributed by atoms with Gasteiger partial charge in [0.1, 0.15) is 0 Å². The van der Waals surface area contributed by atoms with Gasteiger partial charge in [0.25, 0.3) is 0 Å². The van der Waals surface area contributed by atoms with Crippen LogP contribution in [0.15, 0.2) is 5.38 Å². The third-order valence-electron chi connectivity index (χ3n) is 2.41. The van der Waals surface area contributed by atoms with Crippen LogP contribution >= 0.6 is 11.3 Å². The summed E-state index contributed by atoms with van der Waals surface area (Å²) in [6.45, 7) is 5.65. The fourth-order valence-electron chi connectivity index (χ4n) is 1.66. The molecule has 0 saturated heterocycles. The SMILES string of the molecule is Cc1nc2scc(C)n2c1CNCCO. The molecule has 2 aromatic heterocycles. The predicted octanol–water partition coefficient (Wildman–Crippen LogP) is 1.09. The molecule has 2 aromatic rings. The van der Waals surface area contributed by atoms with E-state index in [4.69, 9.17) is 5.11 Å². The average Bonchev–Trinajstić information content (AvgIpc) is 2.70. The smallest absolute Gasteiger partial charge is 0.194 e. The summed E-state index contributed by atoms with van der Waals surface area (Å²) in [5, 5.41) is 14.0. The molecule has 2 heterocycles. The average molecular weight is 225 g/mol. The Morgan fingerprint density at radius 1 is 1.53 bits per heavy atom. The highest BCUT2D eigenvalue weighted by Crippen LogP contribution is 2.20. The molecule has 0 aliphatic heterocycles. The number of aromatic nitrogens is 2. The lowest BCUT2D eigenvalue weighted by Gasteiger charge is -2.04.